The van der Waals surface area contributed by atoms with Crippen LogP contribution in [-0.4, -0.2) is 9.55 Å². The van der Waals surface area contributed by atoms with Crippen LogP contribution in [0.25, 0.3) is 93.1 Å². The van der Waals surface area contributed by atoms with E-state index in [1.54, 1.807) is 0 Å². The Morgan fingerprint density at radius 3 is 1.83 bits per heavy atom. The van der Waals surface area contributed by atoms with Crippen molar-refractivity contribution in [2.24, 2.45) is 0 Å². The van der Waals surface area contributed by atoms with E-state index >= 15 is 0 Å². The van der Waals surface area contributed by atoms with Gasteiger partial charge in [-0.15, -0.1) is 0 Å². The smallest absolute Gasteiger partial charge is 0.0788 e. The van der Waals surface area contributed by atoms with E-state index in [0.717, 1.165) is 33.2 Å². The van der Waals surface area contributed by atoms with Crippen molar-refractivity contribution in [2.45, 2.75) is 0 Å². The highest BCUT2D eigenvalue weighted by atomic mass is 15.0. The van der Waals surface area contributed by atoms with Crippen molar-refractivity contribution >= 4 is 65.0 Å². The third kappa shape index (κ3) is 3.95. The van der Waals surface area contributed by atoms with Crippen LogP contribution >= 0.6 is 0 Å². The summed E-state index contributed by atoms with van der Waals surface area (Å²) in [5.41, 5.74) is 9.13. The Balaban J connectivity index is 1.22. The van der Waals surface area contributed by atoms with Gasteiger partial charge in [-0.25, -0.2) is 4.98 Å². The van der Waals surface area contributed by atoms with Crippen molar-refractivity contribution in [3.8, 4) is 28.1 Å². The minimum Gasteiger partial charge on any atom is -0.309 e. The van der Waals surface area contributed by atoms with Crippen molar-refractivity contribution in [3.05, 3.63) is 170 Å². The van der Waals surface area contributed by atoms with Crippen molar-refractivity contribution < 1.29 is 0 Å². The highest BCUT2D eigenvalue weighted by molar-refractivity contribution is 6.20. The van der Waals surface area contributed by atoms with Gasteiger partial charge in [0.15, 0.2) is 0 Å². The predicted molar refractivity (Wildman–Crippen MR) is 199 cm³/mol. The quantitative estimate of drug-likeness (QED) is 0.186. The average molecular weight is 597 g/mol. The van der Waals surface area contributed by atoms with E-state index < -0.39 is 0 Å². The molecule has 8 aromatic carbocycles. The summed E-state index contributed by atoms with van der Waals surface area (Å²) in [6.45, 7) is 0. The van der Waals surface area contributed by atoms with Crippen LogP contribution in [0.1, 0.15) is 0 Å². The Bertz CT molecular complexity index is 2830. The van der Waals surface area contributed by atoms with Gasteiger partial charge in [-0.1, -0.05) is 127 Å². The number of benzene rings is 8. The minimum absolute atomic E-state index is 1.00. The Morgan fingerprint density at radius 1 is 0.362 bits per heavy atom. The molecule has 0 saturated heterocycles. The second-order valence-electron chi connectivity index (χ2n) is 12.3. The van der Waals surface area contributed by atoms with E-state index in [2.05, 4.69) is 174 Å². The van der Waals surface area contributed by atoms with Gasteiger partial charge in [0, 0.05) is 32.8 Å². The average Bonchev–Trinajstić information content (AvgIpc) is 3.47. The van der Waals surface area contributed by atoms with Crippen LogP contribution in [-0.2, 0) is 0 Å². The normalized spacial score (nSPS) is 11.8. The number of aromatic nitrogens is 2. The lowest BCUT2D eigenvalue weighted by Gasteiger charge is -2.14. The first-order valence-corrected chi connectivity index (χ1v) is 16.1. The first kappa shape index (κ1) is 26.0. The first-order valence-electron chi connectivity index (χ1n) is 16.1. The van der Waals surface area contributed by atoms with Crippen LogP contribution in [0.15, 0.2) is 170 Å². The summed E-state index contributed by atoms with van der Waals surface area (Å²) >= 11 is 0. The maximum Gasteiger partial charge on any atom is 0.0788 e. The molecule has 0 unspecified atom stereocenters. The van der Waals surface area contributed by atoms with Gasteiger partial charge in [0.1, 0.15) is 0 Å². The lowest BCUT2D eigenvalue weighted by molar-refractivity contribution is 1.18. The molecule has 0 saturated carbocycles. The molecule has 0 bridgehead atoms. The van der Waals surface area contributed by atoms with Crippen LogP contribution in [0.4, 0.5) is 0 Å². The van der Waals surface area contributed by atoms with Crippen LogP contribution in [0.5, 0.6) is 0 Å². The number of nitrogens with zero attached hydrogens (tertiary/aromatic N) is 2. The first-order chi connectivity index (χ1) is 23.3. The zero-order valence-corrected chi connectivity index (χ0v) is 25.6. The molecule has 10 aromatic rings. The van der Waals surface area contributed by atoms with Crippen molar-refractivity contribution in [3.63, 3.8) is 0 Å². The molecule has 0 aliphatic heterocycles. The van der Waals surface area contributed by atoms with Crippen LogP contribution in [0, 0.1) is 0 Å². The summed E-state index contributed by atoms with van der Waals surface area (Å²) in [7, 11) is 0. The van der Waals surface area contributed by atoms with Crippen LogP contribution in [0.2, 0.25) is 0 Å². The molecule has 0 fully saturated rings. The number of hydrogen-bond acceptors (Lipinski definition) is 1. The second kappa shape index (κ2) is 10.1. The Kier molecular flexibility index (Phi) is 5.61. The highest BCUT2D eigenvalue weighted by Crippen LogP contribution is 2.41. The fourth-order valence-corrected chi connectivity index (χ4v) is 7.59. The summed E-state index contributed by atoms with van der Waals surface area (Å²) in [4.78, 5) is 5.31. The summed E-state index contributed by atoms with van der Waals surface area (Å²) in [6, 6.07) is 61.4. The fourth-order valence-electron chi connectivity index (χ4n) is 7.59. The predicted octanol–water partition coefficient (Wildman–Crippen LogP) is 12.1. The van der Waals surface area contributed by atoms with Gasteiger partial charge in [-0.2, -0.15) is 0 Å². The summed E-state index contributed by atoms with van der Waals surface area (Å²) in [6.07, 6.45) is 0. The van der Waals surface area contributed by atoms with Gasteiger partial charge in [0.2, 0.25) is 0 Å². The van der Waals surface area contributed by atoms with Gasteiger partial charge < -0.3 is 4.57 Å². The fraction of sp³-hybridized carbons (Fsp3) is 0. The number of pyridine rings is 1. The van der Waals surface area contributed by atoms with Crippen molar-refractivity contribution in [1.82, 2.24) is 9.55 Å². The topological polar surface area (TPSA) is 17.8 Å². The zero-order valence-electron chi connectivity index (χ0n) is 25.6. The molecule has 0 aliphatic carbocycles. The SMILES string of the molecule is c1ccc(-n2c3ccccc3c3cc4c(-c5ccc(-c6cc7ccccc7c7ccccc67)cc5)nc5ccccc5c4cc32)cc1. The number of para-hydroxylation sites is 3. The molecule has 2 heterocycles. The molecule has 0 spiro atoms. The van der Waals surface area contributed by atoms with Crippen molar-refractivity contribution in [1.29, 1.82) is 0 Å². The van der Waals surface area contributed by atoms with Gasteiger partial charge in [-0.05, 0) is 80.5 Å². The molecular weight excluding hydrogens is 569 g/mol. The Morgan fingerprint density at radius 2 is 1.00 bits per heavy atom. The molecule has 0 amide bonds. The van der Waals surface area contributed by atoms with E-state index in [1.807, 2.05) is 0 Å². The zero-order chi connectivity index (χ0) is 30.9. The van der Waals surface area contributed by atoms with Gasteiger partial charge in [0.05, 0.1) is 22.2 Å². The van der Waals surface area contributed by atoms with E-state index in [-0.39, 0.29) is 0 Å². The molecule has 2 nitrogen and oxygen atoms in total. The van der Waals surface area contributed by atoms with Crippen molar-refractivity contribution in [2.75, 3.05) is 0 Å². The number of fused-ring (bicyclic) bond motifs is 9. The van der Waals surface area contributed by atoms with Gasteiger partial charge >= 0.3 is 0 Å². The molecule has 2 heteroatoms. The van der Waals surface area contributed by atoms with Crippen LogP contribution < -0.4 is 0 Å². The van der Waals surface area contributed by atoms with Gasteiger partial charge in [0.25, 0.3) is 0 Å². The summed E-state index contributed by atoms with van der Waals surface area (Å²) in [5.74, 6) is 0. The number of hydrogen-bond donors (Lipinski definition) is 0. The molecule has 0 atom stereocenters. The molecule has 47 heavy (non-hydrogen) atoms. The lowest BCUT2D eigenvalue weighted by Crippen LogP contribution is -1.94. The molecule has 2 aromatic heterocycles. The molecule has 0 N–H and O–H groups in total. The third-order valence-corrected chi connectivity index (χ3v) is 9.75. The molecule has 0 radical (unpaired) electrons. The Hall–Kier alpha value is -6.25. The summed E-state index contributed by atoms with van der Waals surface area (Å²) in [5, 5.41) is 11.1. The summed E-state index contributed by atoms with van der Waals surface area (Å²) < 4.78 is 2.39. The highest BCUT2D eigenvalue weighted by Gasteiger charge is 2.18. The standard InChI is InChI=1S/C45H28N2/c1-2-13-32(14-3-1)47-43-21-11-9-19-37(43)40-27-41-39(28-44(40)47)36-18-8-10-20-42(36)46-45(41)30-24-22-29(23-25-30)38-26-31-12-4-5-15-33(31)34-16-6-7-17-35(34)38/h1-28H. The van der Waals surface area contributed by atoms with E-state index in [9.17, 15) is 0 Å². The third-order valence-electron chi connectivity index (χ3n) is 9.75. The maximum absolute atomic E-state index is 5.31. The monoisotopic (exact) mass is 596 g/mol. The molecular formula is C45H28N2. The van der Waals surface area contributed by atoms with E-state index in [1.165, 1.54) is 59.9 Å². The largest absolute Gasteiger partial charge is 0.309 e. The second-order valence-corrected chi connectivity index (χ2v) is 12.3. The molecule has 218 valence electrons. The molecule has 10 rings (SSSR count). The number of rotatable bonds is 3. The van der Waals surface area contributed by atoms with E-state index in [0.29, 0.717) is 0 Å². The molecule has 0 aliphatic rings. The van der Waals surface area contributed by atoms with E-state index in [4.69, 9.17) is 4.98 Å². The van der Waals surface area contributed by atoms with Gasteiger partial charge in [-0.3, -0.25) is 0 Å². The van der Waals surface area contributed by atoms with Crippen LogP contribution in [0.3, 0.4) is 0 Å². The maximum atomic E-state index is 5.31. The minimum atomic E-state index is 1.00. The Labute approximate surface area is 271 Å². The lowest BCUT2D eigenvalue weighted by atomic mass is 9.92.